The number of carbonyl (C=O) groups is 1. The highest BCUT2D eigenvalue weighted by atomic mass is 35.5. The molecule has 0 unspecified atom stereocenters. The first-order valence-electron chi connectivity index (χ1n) is 8.50. The van der Waals surface area contributed by atoms with Crippen LogP contribution in [-0.4, -0.2) is 18.7 Å². The molecule has 1 aromatic heterocycles. The number of nitrogens with zero attached hydrogens (tertiary/aromatic N) is 1. The van der Waals surface area contributed by atoms with Crippen LogP contribution in [0.15, 0.2) is 64.1 Å². The van der Waals surface area contributed by atoms with Crippen LogP contribution in [0.5, 0.6) is 0 Å². The Morgan fingerprint density at radius 3 is 2.59 bits per heavy atom. The Hall–Kier alpha value is -3.05. The van der Waals surface area contributed by atoms with Crippen LogP contribution in [-0.2, 0) is 4.79 Å². The maximum Gasteiger partial charge on any atom is 0.259 e. The Morgan fingerprint density at radius 2 is 1.85 bits per heavy atom. The molecule has 0 aliphatic rings. The van der Waals surface area contributed by atoms with Gasteiger partial charge in [-0.05, 0) is 73.5 Å². The van der Waals surface area contributed by atoms with Crippen molar-refractivity contribution in [2.24, 2.45) is 5.10 Å². The van der Waals surface area contributed by atoms with Crippen LogP contribution in [0.25, 0.3) is 11.3 Å². The summed E-state index contributed by atoms with van der Waals surface area (Å²) in [5.74, 6) is 1.01. The van der Waals surface area contributed by atoms with E-state index in [0.717, 1.165) is 11.3 Å². The summed E-state index contributed by atoms with van der Waals surface area (Å²) in [6, 6.07) is 17.0. The summed E-state index contributed by atoms with van der Waals surface area (Å²) >= 11 is 5.88. The summed E-state index contributed by atoms with van der Waals surface area (Å²) in [6.45, 7) is 4.22. The van der Waals surface area contributed by atoms with E-state index in [9.17, 15) is 4.79 Å². The minimum Gasteiger partial charge on any atom is -0.455 e. The van der Waals surface area contributed by atoms with Gasteiger partial charge in [-0.1, -0.05) is 17.7 Å². The van der Waals surface area contributed by atoms with E-state index in [4.69, 9.17) is 16.0 Å². The summed E-state index contributed by atoms with van der Waals surface area (Å²) in [5, 5.41) is 7.67. The second-order valence-corrected chi connectivity index (χ2v) is 6.59. The zero-order chi connectivity index (χ0) is 19.2. The second-order valence-electron chi connectivity index (χ2n) is 6.15. The Labute approximate surface area is 163 Å². The highest BCUT2D eigenvalue weighted by molar-refractivity contribution is 6.30. The largest absolute Gasteiger partial charge is 0.455 e. The van der Waals surface area contributed by atoms with Gasteiger partial charge < -0.3 is 9.73 Å². The summed E-state index contributed by atoms with van der Waals surface area (Å²) in [4.78, 5) is 11.9. The van der Waals surface area contributed by atoms with Crippen LogP contribution in [0.2, 0.25) is 5.02 Å². The average Bonchev–Trinajstić information content (AvgIpc) is 3.12. The molecule has 2 aromatic carbocycles. The SMILES string of the molecule is Cc1ccc(NCC(=O)N/N=C\c2ccc(-c3ccc(Cl)cc3)o2)cc1C. The van der Waals surface area contributed by atoms with Crippen molar-refractivity contribution in [3.05, 3.63) is 76.5 Å². The number of rotatable bonds is 6. The van der Waals surface area contributed by atoms with Gasteiger partial charge in [0.1, 0.15) is 11.5 Å². The van der Waals surface area contributed by atoms with Crippen LogP contribution in [0.4, 0.5) is 5.69 Å². The quantitative estimate of drug-likeness (QED) is 0.477. The molecule has 3 rings (SSSR count). The molecule has 0 saturated heterocycles. The highest BCUT2D eigenvalue weighted by Gasteiger charge is 2.04. The normalized spacial score (nSPS) is 10.9. The van der Waals surface area contributed by atoms with Crippen molar-refractivity contribution in [2.75, 3.05) is 11.9 Å². The summed E-state index contributed by atoms with van der Waals surface area (Å²) in [5.41, 5.74) is 6.68. The molecule has 0 fully saturated rings. The molecule has 1 amide bonds. The molecular formula is C21H20ClN3O2. The summed E-state index contributed by atoms with van der Waals surface area (Å²) in [6.07, 6.45) is 1.47. The first-order valence-corrected chi connectivity index (χ1v) is 8.88. The van der Waals surface area contributed by atoms with Crippen LogP contribution in [0.1, 0.15) is 16.9 Å². The minimum absolute atomic E-state index is 0.133. The monoisotopic (exact) mass is 381 g/mol. The molecule has 0 radical (unpaired) electrons. The van der Waals surface area contributed by atoms with Gasteiger partial charge in [0.05, 0.1) is 12.8 Å². The summed E-state index contributed by atoms with van der Waals surface area (Å²) < 4.78 is 5.69. The fourth-order valence-electron chi connectivity index (χ4n) is 2.43. The number of hydrazone groups is 1. The third-order valence-corrected chi connectivity index (χ3v) is 4.35. The highest BCUT2D eigenvalue weighted by Crippen LogP contribution is 2.23. The number of carbonyl (C=O) groups excluding carboxylic acids is 1. The fraction of sp³-hybridized carbons (Fsp3) is 0.143. The molecule has 138 valence electrons. The van der Waals surface area contributed by atoms with Gasteiger partial charge in [0, 0.05) is 16.3 Å². The molecule has 0 atom stereocenters. The molecule has 0 aliphatic heterocycles. The molecule has 0 bridgehead atoms. The molecular weight excluding hydrogens is 362 g/mol. The molecule has 6 heteroatoms. The number of aryl methyl sites for hydroxylation is 2. The van der Waals surface area contributed by atoms with Crippen molar-refractivity contribution in [3.63, 3.8) is 0 Å². The lowest BCUT2D eigenvalue weighted by molar-refractivity contribution is -0.119. The maximum absolute atomic E-state index is 11.9. The van der Waals surface area contributed by atoms with Gasteiger partial charge >= 0.3 is 0 Å². The van der Waals surface area contributed by atoms with Crippen molar-refractivity contribution >= 4 is 29.4 Å². The number of amides is 1. The van der Waals surface area contributed by atoms with Crippen molar-refractivity contribution in [1.82, 2.24) is 5.43 Å². The minimum atomic E-state index is -0.242. The van der Waals surface area contributed by atoms with Crippen molar-refractivity contribution in [2.45, 2.75) is 13.8 Å². The Bertz CT molecular complexity index is 962. The lowest BCUT2D eigenvalue weighted by atomic mass is 10.1. The molecule has 0 spiro atoms. The van der Waals surface area contributed by atoms with Crippen LogP contribution >= 0.6 is 11.6 Å². The molecule has 0 saturated carbocycles. The number of halogens is 1. The Kier molecular flexibility index (Phi) is 5.94. The zero-order valence-electron chi connectivity index (χ0n) is 15.1. The predicted octanol–water partition coefficient (Wildman–Crippen LogP) is 4.78. The van der Waals surface area contributed by atoms with Crippen molar-refractivity contribution in [1.29, 1.82) is 0 Å². The third kappa shape index (κ3) is 5.21. The Morgan fingerprint density at radius 1 is 1.07 bits per heavy atom. The van der Waals surface area contributed by atoms with E-state index < -0.39 is 0 Å². The second kappa shape index (κ2) is 8.56. The van der Waals surface area contributed by atoms with Gasteiger partial charge in [-0.25, -0.2) is 5.43 Å². The number of anilines is 1. The number of nitrogens with one attached hydrogen (secondary N) is 2. The van der Waals surface area contributed by atoms with Crippen LogP contribution in [0, 0.1) is 13.8 Å². The third-order valence-electron chi connectivity index (χ3n) is 4.10. The van der Waals surface area contributed by atoms with Crippen molar-refractivity contribution < 1.29 is 9.21 Å². The first kappa shape index (κ1) is 18.7. The van der Waals surface area contributed by atoms with E-state index in [2.05, 4.69) is 15.8 Å². The fourth-order valence-corrected chi connectivity index (χ4v) is 2.56. The van der Waals surface area contributed by atoms with Gasteiger partial charge in [0.25, 0.3) is 5.91 Å². The van der Waals surface area contributed by atoms with Gasteiger partial charge in [-0.3, -0.25) is 4.79 Å². The van der Waals surface area contributed by atoms with Crippen LogP contribution in [0.3, 0.4) is 0 Å². The first-order chi connectivity index (χ1) is 13.0. The maximum atomic E-state index is 11.9. The number of furan rings is 1. The molecule has 3 aromatic rings. The van der Waals surface area contributed by atoms with Gasteiger partial charge in [0.2, 0.25) is 0 Å². The standard InChI is InChI=1S/C21H20ClN3O2/c1-14-3-8-18(11-15(14)2)23-13-21(26)25-24-12-19-9-10-20(27-19)16-4-6-17(22)7-5-16/h3-12,23H,13H2,1-2H3,(H,25,26)/b24-12-. The Balaban J connectivity index is 1.50. The van der Waals surface area contributed by atoms with Crippen molar-refractivity contribution in [3.8, 4) is 11.3 Å². The topological polar surface area (TPSA) is 66.6 Å². The number of hydrogen-bond donors (Lipinski definition) is 2. The molecule has 27 heavy (non-hydrogen) atoms. The average molecular weight is 382 g/mol. The van der Waals surface area contributed by atoms with E-state index in [-0.39, 0.29) is 12.5 Å². The summed E-state index contributed by atoms with van der Waals surface area (Å²) in [7, 11) is 0. The zero-order valence-corrected chi connectivity index (χ0v) is 15.9. The van der Waals surface area contributed by atoms with E-state index >= 15 is 0 Å². The lowest BCUT2D eigenvalue weighted by Crippen LogP contribution is -2.25. The van der Waals surface area contributed by atoms with E-state index in [1.54, 1.807) is 18.2 Å². The van der Waals surface area contributed by atoms with Gasteiger partial charge in [0.15, 0.2) is 0 Å². The lowest BCUT2D eigenvalue weighted by Gasteiger charge is -2.07. The van der Waals surface area contributed by atoms with E-state index in [0.29, 0.717) is 16.5 Å². The number of hydrogen-bond acceptors (Lipinski definition) is 4. The van der Waals surface area contributed by atoms with E-state index in [1.165, 1.54) is 17.3 Å². The predicted molar refractivity (Wildman–Crippen MR) is 109 cm³/mol. The number of benzene rings is 2. The van der Waals surface area contributed by atoms with Gasteiger partial charge in [-0.2, -0.15) is 5.10 Å². The van der Waals surface area contributed by atoms with Gasteiger partial charge in [-0.15, -0.1) is 0 Å². The smallest absolute Gasteiger partial charge is 0.259 e. The molecule has 1 heterocycles. The van der Waals surface area contributed by atoms with E-state index in [1.807, 2.05) is 50.2 Å². The molecule has 2 N–H and O–H groups in total. The molecule has 5 nitrogen and oxygen atoms in total. The van der Waals surface area contributed by atoms with Crippen LogP contribution < -0.4 is 10.7 Å². The molecule has 0 aliphatic carbocycles.